The molecule has 0 N–H and O–H groups in total. The van der Waals surface area contributed by atoms with Crippen LogP contribution in [0.5, 0.6) is 0 Å². The van der Waals surface area contributed by atoms with E-state index in [1.165, 1.54) is 77.4 Å². The summed E-state index contributed by atoms with van der Waals surface area (Å²) in [5.41, 5.74) is 22.3. The van der Waals surface area contributed by atoms with Crippen LogP contribution in [0.3, 0.4) is 0 Å². The monoisotopic (exact) mass is 891 g/mol. The maximum absolute atomic E-state index is 2.44. The van der Waals surface area contributed by atoms with Gasteiger partial charge in [-0.15, -0.1) is 0 Å². The number of fused-ring (bicyclic) bond motifs is 13. The fourth-order valence-electron chi connectivity index (χ4n) is 11.9. The lowest BCUT2D eigenvalue weighted by atomic mass is 9.70. The molecule has 1 unspecified atom stereocenters. The average Bonchev–Trinajstić information content (AvgIpc) is 4.03. The van der Waals surface area contributed by atoms with Gasteiger partial charge in [0.1, 0.15) is 0 Å². The second-order valence-corrected chi connectivity index (χ2v) is 18.4. The molecule has 12 aromatic rings. The largest absolute Gasteiger partial charge is 0.310 e. The van der Waals surface area contributed by atoms with Gasteiger partial charge in [-0.2, -0.15) is 0 Å². The van der Waals surface area contributed by atoms with Crippen LogP contribution in [0.15, 0.2) is 273 Å². The summed E-state index contributed by atoms with van der Waals surface area (Å²) in [6.07, 6.45) is 0. The van der Waals surface area contributed by atoms with Crippen molar-refractivity contribution in [3.63, 3.8) is 0 Å². The van der Waals surface area contributed by atoms with Crippen LogP contribution in [0.1, 0.15) is 22.3 Å². The van der Waals surface area contributed by atoms with Crippen molar-refractivity contribution in [3.05, 3.63) is 295 Å². The molecule has 14 rings (SSSR count). The molecular formula is C67H45N3. The first kappa shape index (κ1) is 39.9. The first-order valence-corrected chi connectivity index (χ1v) is 24.2. The first-order chi connectivity index (χ1) is 34.8. The Labute approximate surface area is 408 Å². The Kier molecular flexibility index (Phi) is 9.11. The van der Waals surface area contributed by atoms with Gasteiger partial charge in [0.2, 0.25) is 0 Å². The standard InChI is InChI=1S/C67H45N3/c1-5-21-46(22-6-1)53-29-15-19-35-64(53)69(48-25-9-3-10-26-48)51-39-42-63-59(44-51)55-31-14-18-34-61(55)67(63)60-33-17-13-30-54(60)58-43-50(38-41-62(58)67)68(47-23-7-2-8-24-47)52-37-40-57-56-32-16-20-36-65(56)70(66(57)45-52)49-27-11-4-12-28-49/h1-45H. The number of nitrogens with zero attached hydrogens (tertiary/aromatic N) is 3. The molecule has 328 valence electrons. The van der Waals surface area contributed by atoms with Gasteiger partial charge in [-0.25, -0.2) is 0 Å². The van der Waals surface area contributed by atoms with Crippen molar-refractivity contribution in [2.24, 2.45) is 0 Å². The van der Waals surface area contributed by atoms with Crippen LogP contribution in [0, 0.1) is 0 Å². The van der Waals surface area contributed by atoms with Crippen molar-refractivity contribution in [1.82, 2.24) is 4.57 Å². The van der Waals surface area contributed by atoms with Crippen molar-refractivity contribution < 1.29 is 0 Å². The third-order valence-electron chi connectivity index (χ3n) is 14.8. The van der Waals surface area contributed by atoms with Gasteiger partial charge in [-0.3, -0.25) is 0 Å². The lowest BCUT2D eigenvalue weighted by molar-refractivity contribution is 0.794. The lowest BCUT2D eigenvalue weighted by Gasteiger charge is -2.32. The second kappa shape index (κ2) is 16.0. The highest BCUT2D eigenvalue weighted by molar-refractivity contribution is 6.10. The molecule has 3 nitrogen and oxygen atoms in total. The summed E-state index contributed by atoms with van der Waals surface area (Å²) >= 11 is 0. The van der Waals surface area contributed by atoms with E-state index in [1.807, 2.05) is 0 Å². The van der Waals surface area contributed by atoms with Gasteiger partial charge in [-0.1, -0.05) is 188 Å². The van der Waals surface area contributed by atoms with E-state index in [4.69, 9.17) is 0 Å². The number of anilines is 6. The van der Waals surface area contributed by atoms with Crippen molar-refractivity contribution in [3.8, 4) is 39.1 Å². The number of hydrogen-bond donors (Lipinski definition) is 0. The number of rotatable bonds is 8. The van der Waals surface area contributed by atoms with Gasteiger partial charge in [0.15, 0.2) is 0 Å². The maximum Gasteiger partial charge on any atom is 0.0725 e. The molecule has 0 fully saturated rings. The van der Waals surface area contributed by atoms with Crippen LogP contribution in [-0.4, -0.2) is 4.57 Å². The fourth-order valence-corrected chi connectivity index (χ4v) is 11.9. The molecule has 1 aromatic heterocycles. The molecule has 70 heavy (non-hydrogen) atoms. The zero-order chi connectivity index (χ0) is 46.2. The highest BCUT2D eigenvalue weighted by atomic mass is 15.2. The molecule has 0 saturated heterocycles. The van der Waals surface area contributed by atoms with Gasteiger partial charge in [-0.05, 0) is 135 Å². The minimum atomic E-state index is -0.512. The van der Waals surface area contributed by atoms with Crippen LogP contribution in [-0.2, 0) is 5.41 Å². The molecule has 2 aliphatic rings. The topological polar surface area (TPSA) is 11.4 Å². The zero-order valence-electron chi connectivity index (χ0n) is 38.3. The van der Waals surface area contributed by atoms with Crippen molar-refractivity contribution in [2.45, 2.75) is 5.41 Å². The Morgan fingerprint density at radius 3 is 1.36 bits per heavy atom. The van der Waals surface area contributed by atoms with E-state index >= 15 is 0 Å². The molecule has 1 atom stereocenters. The lowest BCUT2D eigenvalue weighted by Crippen LogP contribution is -2.26. The highest BCUT2D eigenvalue weighted by Gasteiger charge is 2.52. The Morgan fingerprint density at radius 2 is 0.714 bits per heavy atom. The van der Waals surface area contributed by atoms with Crippen LogP contribution in [0.2, 0.25) is 0 Å². The van der Waals surface area contributed by atoms with E-state index in [1.54, 1.807) is 0 Å². The van der Waals surface area contributed by atoms with Gasteiger partial charge >= 0.3 is 0 Å². The number of benzene rings is 11. The Balaban J connectivity index is 0.959. The molecule has 0 aliphatic heterocycles. The molecule has 0 bridgehead atoms. The Hall–Kier alpha value is -9.18. The van der Waals surface area contributed by atoms with Gasteiger partial charge in [0.25, 0.3) is 0 Å². The summed E-state index contributed by atoms with van der Waals surface area (Å²) in [4.78, 5) is 4.85. The van der Waals surface area contributed by atoms with E-state index in [0.29, 0.717) is 0 Å². The smallest absolute Gasteiger partial charge is 0.0725 e. The average molecular weight is 892 g/mol. The van der Waals surface area contributed by atoms with E-state index < -0.39 is 5.41 Å². The summed E-state index contributed by atoms with van der Waals surface area (Å²) in [7, 11) is 0. The maximum atomic E-state index is 2.44. The first-order valence-electron chi connectivity index (χ1n) is 24.2. The van der Waals surface area contributed by atoms with Crippen LogP contribution < -0.4 is 9.80 Å². The third-order valence-corrected chi connectivity index (χ3v) is 14.8. The SMILES string of the molecule is c1ccc(-c2ccccc2N(c2ccccc2)c2ccc3c(c2)-c2ccccc2C32c3ccccc3-c3cc(N(c4ccccc4)c4ccc5c6ccccc6n(-c6ccccc6)c5c4)ccc32)cc1. The van der Waals surface area contributed by atoms with Gasteiger partial charge in [0.05, 0.1) is 22.1 Å². The molecule has 11 aromatic carbocycles. The van der Waals surface area contributed by atoms with Crippen LogP contribution >= 0.6 is 0 Å². The molecule has 1 spiro atoms. The van der Waals surface area contributed by atoms with Gasteiger partial charge in [0, 0.05) is 50.5 Å². The summed E-state index contributed by atoms with van der Waals surface area (Å²) in [6.45, 7) is 0. The summed E-state index contributed by atoms with van der Waals surface area (Å²) in [6, 6.07) is 100. The van der Waals surface area contributed by atoms with E-state index in [9.17, 15) is 0 Å². The zero-order valence-corrected chi connectivity index (χ0v) is 38.3. The quantitative estimate of drug-likeness (QED) is 0.151. The molecule has 1 heterocycles. The highest BCUT2D eigenvalue weighted by Crippen LogP contribution is 2.64. The van der Waals surface area contributed by atoms with Crippen molar-refractivity contribution in [1.29, 1.82) is 0 Å². The molecule has 0 radical (unpaired) electrons. The van der Waals surface area contributed by atoms with E-state index in [2.05, 4.69) is 287 Å². The number of aromatic nitrogens is 1. The Morgan fingerprint density at radius 1 is 0.271 bits per heavy atom. The predicted molar refractivity (Wildman–Crippen MR) is 292 cm³/mol. The minimum absolute atomic E-state index is 0.512. The van der Waals surface area contributed by atoms with Crippen molar-refractivity contribution >= 4 is 55.9 Å². The molecule has 2 aliphatic carbocycles. The minimum Gasteiger partial charge on any atom is -0.310 e. The van der Waals surface area contributed by atoms with Crippen LogP contribution in [0.4, 0.5) is 34.1 Å². The molecule has 3 heteroatoms. The van der Waals surface area contributed by atoms with Crippen molar-refractivity contribution in [2.75, 3.05) is 9.80 Å². The third kappa shape index (κ3) is 5.95. The number of hydrogen-bond acceptors (Lipinski definition) is 2. The fraction of sp³-hybridized carbons (Fsp3) is 0.0149. The number of para-hydroxylation sites is 5. The molecular weight excluding hydrogens is 847 g/mol. The molecule has 0 amide bonds. The summed E-state index contributed by atoms with van der Waals surface area (Å²) in [5, 5.41) is 2.47. The second-order valence-electron chi connectivity index (χ2n) is 18.4. The Bertz CT molecular complexity index is 3950. The predicted octanol–water partition coefficient (Wildman–Crippen LogP) is 17.7. The van der Waals surface area contributed by atoms with Crippen LogP contribution in [0.25, 0.3) is 60.9 Å². The van der Waals surface area contributed by atoms with E-state index in [-0.39, 0.29) is 0 Å². The normalized spacial score (nSPS) is 14.1. The summed E-state index contributed by atoms with van der Waals surface area (Å²) < 4.78 is 2.40. The molecule has 0 saturated carbocycles. The van der Waals surface area contributed by atoms with E-state index in [0.717, 1.165) is 39.8 Å². The van der Waals surface area contributed by atoms with Gasteiger partial charge < -0.3 is 14.4 Å². The summed E-state index contributed by atoms with van der Waals surface area (Å²) in [5.74, 6) is 0.